The van der Waals surface area contributed by atoms with Crippen LogP contribution in [-0.2, 0) is 0 Å². The van der Waals surface area contributed by atoms with Crippen molar-refractivity contribution in [1.82, 2.24) is 4.67 Å². The van der Waals surface area contributed by atoms with Gasteiger partial charge in [-0.05, 0) is 39.8 Å². The zero-order chi connectivity index (χ0) is 13.4. The Balaban J connectivity index is 3.08. The minimum Gasteiger partial charge on any atom is -0.159 e. The van der Waals surface area contributed by atoms with Crippen LogP contribution in [0.4, 0.5) is 0 Å². The maximum Gasteiger partial charge on any atom is 0.194 e. The zero-order valence-electron chi connectivity index (χ0n) is 12.4. The van der Waals surface area contributed by atoms with Gasteiger partial charge in [0.2, 0.25) is 0 Å². The van der Waals surface area contributed by atoms with Crippen LogP contribution in [0.25, 0.3) is 0 Å². The number of halogens is 1. The molecule has 0 fully saturated rings. The normalized spacial score (nSPS) is 29.9. The first-order valence-corrected chi connectivity index (χ1v) is 9.53. The van der Waals surface area contributed by atoms with Gasteiger partial charge in [0, 0.05) is 17.5 Å². The van der Waals surface area contributed by atoms with E-state index in [9.17, 15) is 0 Å². The molecule has 100 valence electrons. The molecule has 1 heterocycles. The Morgan fingerprint density at radius 3 is 2.00 bits per heavy atom. The highest BCUT2D eigenvalue weighted by molar-refractivity contribution is 7.98. The summed E-state index contributed by atoms with van der Waals surface area (Å²) in [6.45, 7) is 14.4. The molecule has 0 saturated carbocycles. The van der Waals surface area contributed by atoms with Crippen LogP contribution >= 0.6 is 18.0 Å². The molecular weight excluding hydrogens is 249 g/mol. The summed E-state index contributed by atoms with van der Waals surface area (Å²) in [7, 11) is 0. The van der Waals surface area contributed by atoms with Gasteiger partial charge >= 0.3 is 0 Å². The largest absolute Gasteiger partial charge is 0.194 e. The number of allylic oxidation sites excluding steroid dienone is 2. The highest BCUT2D eigenvalue weighted by atomic mass is 35.7. The Morgan fingerprint density at radius 2 is 1.65 bits per heavy atom. The van der Waals surface area contributed by atoms with Gasteiger partial charge in [-0.1, -0.05) is 20.8 Å². The fraction of sp³-hybridized carbons (Fsp3) is 0.857. The van der Waals surface area contributed by atoms with Crippen molar-refractivity contribution in [2.24, 2.45) is 5.41 Å². The van der Waals surface area contributed by atoms with Crippen molar-refractivity contribution in [3.8, 4) is 0 Å². The van der Waals surface area contributed by atoms with Gasteiger partial charge in [-0.15, -0.1) is 0 Å². The minimum atomic E-state index is -1.58. The summed E-state index contributed by atoms with van der Waals surface area (Å²) in [5, 5.41) is 0. The molecule has 1 aliphatic rings. The third-order valence-electron chi connectivity index (χ3n) is 3.44. The van der Waals surface area contributed by atoms with Crippen LogP contribution in [0.1, 0.15) is 48.5 Å². The van der Waals surface area contributed by atoms with Crippen LogP contribution in [0.2, 0.25) is 0 Å². The topological polar surface area (TPSA) is 3.24 Å². The molecule has 0 bridgehead atoms. The van der Waals surface area contributed by atoms with E-state index in [1.54, 1.807) is 0 Å². The van der Waals surface area contributed by atoms with Gasteiger partial charge in [0.25, 0.3) is 0 Å². The molecule has 1 unspecified atom stereocenters. The van der Waals surface area contributed by atoms with E-state index in [4.69, 9.17) is 11.2 Å². The summed E-state index contributed by atoms with van der Waals surface area (Å²) in [5.41, 5.74) is 0.770. The molecule has 0 saturated heterocycles. The van der Waals surface area contributed by atoms with Crippen molar-refractivity contribution in [2.45, 2.75) is 66.2 Å². The average Bonchev–Trinajstić information content (AvgIpc) is 2.44. The first kappa shape index (κ1) is 15.5. The quantitative estimate of drug-likeness (QED) is 0.507. The van der Waals surface area contributed by atoms with E-state index >= 15 is 0 Å². The lowest BCUT2D eigenvalue weighted by Crippen LogP contribution is -2.41. The Kier molecular flexibility index (Phi) is 4.73. The summed E-state index contributed by atoms with van der Waals surface area (Å²) in [6.07, 6.45) is 5.72. The van der Waals surface area contributed by atoms with Gasteiger partial charge in [-0.25, -0.2) is 0 Å². The van der Waals surface area contributed by atoms with Crippen LogP contribution in [-0.4, -0.2) is 28.6 Å². The second-order valence-corrected chi connectivity index (χ2v) is 11.3. The van der Waals surface area contributed by atoms with Gasteiger partial charge in [0.15, 0.2) is 6.77 Å². The first-order chi connectivity index (χ1) is 7.60. The molecule has 17 heavy (non-hydrogen) atoms. The number of hydrogen-bond acceptors (Lipinski definition) is 1. The number of hydrogen-bond donors (Lipinski definition) is 0. The van der Waals surface area contributed by atoms with E-state index in [1.165, 1.54) is 0 Å². The summed E-state index contributed by atoms with van der Waals surface area (Å²) in [6, 6.07) is 1.04. The molecule has 0 aliphatic carbocycles. The standard InChI is InChI=1S/C14H28ClNP/c1-11(2)16(12(3)4)17(15)10-8-9-13(17)14(5,6)7/h8-9,11-13H,10H2,1-7H3/q+1/t13-,17?/m1/s1. The molecule has 0 aromatic heterocycles. The Labute approximate surface area is 113 Å². The fourth-order valence-electron chi connectivity index (χ4n) is 3.07. The van der Waals surface area contributed by atoms with Crippen LogP contribution in [0, 0.1) is 5.41 Å². The van der Waals surface area contributed by atoms with Gasteiger partial charge < -0.3 is 0 Å². The maximum absolute atomic E-state index is 7.15. The maximum atomic E-state index is 7.15. The van der Waals surface area contributed by atoms with Crippen molar-refractivity contribution in [3.05, 3.63) is 12.2 Å². The molecule has 1 nitrogen and oxygen atoms in total. The van der Waals surface area contributed by atoms with Crippen LogP contribution < -0.4 is 0 Å². The van der Waals surface area contributed by atoms with Crippen molar-refractivity contribution >= 4 is 18.0 Å². The monoisotopic (exact) mass is 276 g/mol. The van der Waals surface area contributed by atoms with Crippen LogP contribution in [0.3, 0.4) is 0 Å². The second-order valence-electron chi connectivity index (χ2n) is 6.72. The van der Waals surface area contributed by atoms with Crippen molar-refractivity contribution in [1.29, 1.82) is 0 Å². The average molecular weight is 277 g/mol. The van der Waals surface area contributed by atoms with E-state index in [0.717, 1.165) is 6.16 Å². The molecule has 1 rings (SSSR count). The van der Waals surface area contributed by atoms with Gasteiger partial charge in [-0.2, -0.15) is 4.67 Å². The molecule has 0 N–H and O–H groups in total. The summed E-state index contributed by atoms with van der Waals surface area (Å²) >= 11 is 7.15. The lowest BCUT2D eigenvalue weighted by molar-refractivity contribution is 0.309. The molecule has 2 atom stereocenters. The predicted molar refractivity (Wildman–Crippen MR) is 82.1 cm³/mol. The Morgan fingerprint density at radius 1 is 1.18 bits per heavy atom. The van der Waals surface area contributed by atoms with Gasteiger partial charge in [0.1, 0.15) is 23.1 Å². The van der Waals surface area contributed by atoms with E-state index in [0.29, 0.717) is 17.7 Å². The van der Waals surface area contributed by atoms with Gasteiger partial charge in [0.05, 0.1) is 0 Å². The smallest absolute Gasteiger partial charge is 0.159 e. The fourth-order valence-corrected chi connectivity index (χ4v) is 9.66. The summed E-state index contributed by atoms with van der Waals surface area (Å²) in [4.78, 5) is 0. The van der Waals surface area contributed by atoms with Crippen molar-refractivity contribution < 1.29 is 0 Å². The summed E-state index contributed by atoms with van der Waals surface area (Å²) < 4.78 is 2.57. The van der Waals surface area contributed by atoms with E-state index < -0.39 is 6.77 Å². The van der Waals surface area contributed by atoms with Crippen LogP contribution in [0.15, 0.2) is 12.2 Å². The third-order valence-corrected chi connectivity index (χ3v) is 9.22. The second kappa shape index (κ2) is 5.19. The molecule has 0 radical (unpaired) electrons. The SMILES string of the molecule is CC(C)N(C(C)C)[P+]1(Cl)CC=C[C@@H]1C(C)(C)C. The molecule has 3 heteroatoms. The van der Waals surface area contributed by atoms with E-state index in [1.807, 2.05) is 0 Å². The van der Waals surface area contributed by atoms with Crippen molar-refractivity contribution in [3.63, 3.8) is 0 Å². The Bertz CT molecular complexity index is 285. The number of nitrogens with zero attached hydrogens (tertiary/aromatic N) is 1. The predicted octanol–water partition coefficient (Wildman–Crippen LogP) is 5.18. The number of rotatable bonds is 3. The lowest BCUT2D eigenvalue weighted by atomic mass is 9.92. The molecule has 0 aromatic carbocycles. The minimum absolute atomic E-state index is 0.255. The first-order valence-electron chi connectivity index (χ1n) is 6.63. The molecule has 0 aromatic rings. The Hall–Kier alpha value is 0.420. The van der Waals surface area contributed by atoms with E-state index in [2.05, 4.69) is 65.3 Å². The lowest BCUT2D eigenvalue weighted by Gasteiger charge is -2.41. The highest BCUT2D eigenvalue weighted by Gasteiger charge is 2.57. The van der Waals surface area contributed by atoms with Gasteiger partial charge in [-0.3, -0.25) is 0 Å². The third kappa shape index (κ3) is 3.06. The van der Waals surface area contributed by atoms with Crippen LogP contribution in [0.5, 0.6) is 0 Å². The zero-order valence-corrected chi connectivity index (χ0v) is 14.0. The molecular formula is C14H28ClNP+. The molecule has 0 amide bonds. The molecule has 1 aliphatic heterocycles. The highest BCUT2D eigenvalue weighted by Crippen LogP contribution is 2.77. The summed E-state index contributed by atoms with van der Waals surface area (Å²) in [5.74, 6) is 0. The van der Waals surface area contributed by atoms with E-state index in [-0.39, 0.29) is 5.41 Å². The molecule has 0 spiro atoms. The van der Waals surface area contributed by atoms with Crippen molar-refractivity contribution in [2.75, 3.05) is 6.16 Å².